The Balaban J connectivity index is 1.78. The van der Waals surface area contributed by atoms with Gasteiger partial charge in [0.2, 0.25) is 5.91 Å². The summed E-state index contributed by atoms with van der Waals surface area (Å²) < 4.78 is 0. The third-order valence-corrected chi connectivity index (χ3v) is 4.31. The number of H-pyrrole nitrogens is 1. The number of para-hydroxylation sites is 1. The fourth-order valence-electron chi connectivity index (χ4n) is 3.03. The highest BCUT2D eigenvalue weighted by Gasteiger charge is 2.19. The minimum absolute atomic E-state index is 0.180. The van der Waals surface area contributed by atoms with Gasteiger partial charge in [0.25, 0.3) is 0 Å². The van der Waals surface area contributed by atoms with Crippen molar-refractivity contribution >= 4 is 22.5 Å². The molecular weight excluding hydrogens is 276 g/mol. The SMILES string of the molecule is CCC(=O)N(CCN1CCNCC1)c1c[nH]c2ccccc12. The average Bonchev–Trinajstić information content (AvgIpc) is 3.00. The lowest BCUT2D eigenvalue weighted by Gasteiger charge is -2.30. The smallest absolute Gasteiger partial charge is 0.226 e. The van der Waals surface area contributed by atoms with Crippen molar-refractivity contribution in [1.82, 2.24) is 15.2 Å². The standard InChI is InChI=1S/C17H24N4O/c1-2-17(22)21(12-11-20-9-7-18-8-10-20)16-13-19-15-6-4-3-5-14(15)16/h3-6,13,18-19H,2,7-12H2,1H3. The number of fused-ring (bicyclic) bond motifs is 1. The lowest BCUT2D eigenvalue weighted by Crippen LogP contribution is -2.47. The third-order valence-electron chi connectivity index (χ3n) is 4.31. The van der Waals surface area contributed by atoms with Crippen molar-refractivity contribution in [3.05, 3.63) is 30.5 Å². The monoisotopic (exact) mass is 300 g/mol. The number of piperazine rings is 1. The van der Waals surface area contributed by atoms with E-state index in [1.807, 2.05) is 36.2 Å². The van der Waals surface area contributed by atoms with E-state index in [-0.39, 0.29) is 5.91 Å². The highest BCUT2D eigenvalue weighted by atomic mass is 16.2. The first-order valence-corrected chi connectivity index (χ1v) is 8.09. The van der Waals surface area contributed by atoms with Crippen LogP contribution in [0.1, 0.15) is 13.3 Å². The van der Waals surface area contributed by atoms with E-state index < -0.39 is 0 Å². The normalized spacial score (nSPS) is 16.0. The molecular formula is C17H24N4O. The molecule has 0 spiro atoms. The van der Waals surface area contributed by atoms with Gasteiger partial charge in [-0.15, -0.1) is 0 Å². The van der Waals surface area contributed by atoms with E-state index in [1.54, 1.807) is 0 Å². The maximum Gasteiger partial charge on any atom is 0.226 e. The molecule has 1 aromatic carbocycles. The molecule has 2 aromatic rings. The lowest BCUT2D eigenvalue weighted by molar-refractivity contribution is -0.118. The van der Waals surface area contributed by atoms with Crippen LogP contribution in [-0.2, 0) is 4.79 Å². The molecule has 1 aliphatic rings. The van der Waals surface area contributed by atoms with Gasteiger partial charge in [0.15, 0.2) is 0 Å². The number of hydrogen-bond acceptors (Lipinski definition) is 3. The number of hydrogen-bond donors (Lipinski definition) is 2. The molecule has 0 aliphatic carbocycles. The molecule has 3 rings (SSSR count). The predicted octanol–water partition coefficient (Wildman–Crippen LogP) is 1.82. The van der Waals surface area contributed by atoms with Crippen LogP contribution in [0.3, 0.4) is 0 Å². The molecule has 2 N–H and O–H groups in total. The van der Waals surface area contributed by atoms with Crippen LogP contribution in [0.15, 0.2) is 30.5 Å². The van der Waals surface area contributed by atoms with Crippen molar-refractivity contribution in [1.29, 1.82) is 0 Å². The number of benzene rings is 1. The van der Waals surface area contributed by atoms with Crippen LogP contribution in [0.4, 0.5) is 5.69 Å². The molecule has 1 fully saturated rings. The van der Waals surface area contributed by atoms with Crippen molar-refractivity contribution in [2.45, 2.75) is 13.3 Å². The largest absolute Gasteiger partial charge is 0.359 e. The van der Waals surface area contributed by atoms with Gasteiger partial charge in [0.05, 0.1) is 5.69 Å². The number of aromatic amines is 1. The van der Waals surface area contributed by atoms with Crippen LogP contribution in [0.2, 0.25) is 0 Å². The van der Waals surface area contributed by atoms with Gasteiger partial charge >= 0.3 is 0 Å². The molecule has 0 unspecified atom stereocenters. The first-order chi connectivity index (χ1) is 10.8. The molecule has 0 saturated carbocycles. The summed E-state index contributed by atoms with van der Waals surface area (Å²) in [6.45, 7) is 7.78. The summed E-state index contributed by atoms with van der Waals surface area (Å²) in [5, 5.41) is 4.48. The van der Waals surface area contributed by atoms with E-state index in [0.717, 1.165) is 55.9 Å². The summed E-state index contributed by atoms with van der Waals surface area (Å²) >= 11 is 0. The van der Waals surface area contributed by atoms with Crippen LogP contribution in [0.25, 0.3) is 10.9 Å². The molecule has 118 valence electrons. The molecule has 1 aromatic heterocycles. The van der Waals surface area contributed by atoms with Crippen molar-refractivity contribution in [2.75, 3.05) is 44.2 Å². The zero-order valence-corrected chi connectivity index (χ0v) is 13.1. The number of anilines is 1. The Morgan fingerprint density at radius 2 is 2.05 bits per heavy atom. The number of aromatic nitrogens is 1. The van der Waals surface area contributed by atoms with Gasteiger partial charge in [-0.2, -0.15) is 0 Å². The summed E-state index contributed by atoms with van der Waals surface area (Å²) in [5.41, 5.74) is 2.08. The molecule has 0 atom stereocenters. The second-order valence-corrected chi connectivity index (χ2v) is 5.71. The van der Waals surface area contributed by atoms with Crippen LogP contribution < -0.4 is 10.2 Å². The Kier molecular flexibility index (Phi) is 4.75. The number of carbonyl (C=O) groups is 1. The van der Waals surface area contributed by atoms with E-state index in [9.17, 15) is 4.79 Å². The van der Waals surface area contributed by atoms with Crippen molar-refractivity contribution in [3.8, 4) is 0 Å². The molecule has 5 heteroatoms. The maximum atomic E-state index is 12.4. The van der Waals surface area contributed by atoms with Gasteiger partial charge in [-0.25, -0.2) is 0 Å². The molecule has 0 radical (unpaired) electrons. The van der Waals surface area contributed by atoms with E-state index in [0.29, 0.717) is 6.42 Å². The minimum atomic E-state index is 0.180. The van der Waals surface area contributed by atoms with Gasteiger partial charge in [-0.05, 0) is 6.07 Å². The Morgan fingerprint density at radius 3 is 2.82 bits per heavy atom. The lowest BCUT2D eigenvalue weighted by atomic mass is 10.2. The van der Waals surface area contributed by atoms with E-state index in [2.05, 4.69) is 21.3 Å². The highest BCUT2D eigenvalue weighted by molar-refractivity contribution is 6.03. The first kappa shape index (κ1) is 15.1. The number of nitrogens with zero attached hydrogens (tertiary/aromatic N) is 2. The highest BCUT2D eigenvalue weighted by Crippen LogP contribution is 2.27. The van der Waals surface area contributed by atoms with Crippen molar-refractivity contribution in [3.63, 3.8) is 0 Å². The number of carbonyl (C=O) groups excluding carboxylic acids is 1. The first-order valence-electron chi connectivity index (χ1n) is 8.09. The number of nitrogens with one attached hydrogen (secondary N) is 2. The topological polar surface area (TPSA) is 51.4 Å². The molecule has 0 bridgehead atoms. The van der Waals surface area contributed by atoms with Gasteiger partial charge in [-0.3, -0.25) is 9.69 Å². The quantitative estimate of drug-likeness (QED) is 0.885. The van der Waals surface area contributed by atoms with Crippen LogP contribution >= 0.6 is 0 Å². The van der Waals surface area contributed by atoms with Gasteiger partial charge in [-0.1, -0.05) is 25.1 Å². The van der Waals surface area contributed by atoms with Crippen LogP contribution in [0.5, 0.6) is 0 Å². The molecule has 1 saturated heterocycles. The third kappa shape index (κ3) is 3.15. The van der Waals surface area contributed by atoms with Crippen LogP contribution in [0, 0.1) is 0 Å². The Bertz CT molecular complexity index is 630. The second kappa shape index (κ2) is 6.94. The molecule has 1 amide bonds. The van der Waals surface area contributed by atoms with E-state index in [4.69, 9.17) is 0 Å². The summed E-state index contributed by atoms with van der Waals surface area (Å²) in [6.07, 6.45) is 2.48. The fourth-order valence-corrected chi connectivity index (χ4v) is 3.03. The molecule has 2 heterocycles. The molecule has 1 aliphatic heterocycles. The Morgan fingerprint density at radius 1 is 1.27 bits per heavy atom. The number of rotatable bonds is 5. The van der Waals surface area contributed by atoms with E-state index >= 15 is 0 Å². The zero-order chi connectivity index (χ0) is 15.4. The van der Waals surface area contributed by atoms with Gasteiger partial charge < -0.3 is 15.2 Å². The van der Waals surface area contributed by atoms with Gasteiger partial charge in [0.1, 0.15) is 0 Å². The van der Waals surface area contributed by atoms with Crippen molar-refractivity contribution in [2.24, 2.45) is 0 Å². The average molecular weight is 300 g/mol. The van der Waals surface area contributed by atoms with Crippen molar-refractivity contribution < 1.29 is 4.79 Å². The maximum absolute atomic E-state index is 12.4. The second-order valence-electron chi connectivity index (χ2n) is 5.71. The Labute approximate surface area is 131 Å². The minimum Gasteiger partial charge on any atom is -0.359 e. The van der Waals surface area contributed by atoms with E-state index in [1.165, 1.54) is 0 Å². The fraction of sp³-hybridized carbons (Fsp3) is 0.471. The zero-order valence-electron chi connectivity index (χ0n) is 13.1. The van der Waals surface area contributed by atoms with Gasteiger partial charge in [0, 0.05) is 62.8 Å². The predicted molar refractivity (Wildman–Crippen MR) is 90.3 cm³/mol. The summed E-state index contributed by atoms with van der Waals surface area (Å²) in [7, 11) is 0. The summed E-state index contributed by atoms with van der Waals surface area (Å²) in [6, 6.07) is 8.14. The Hall–Kier alpha value is -1.85. The van der Waals surface area contributed by atoms with Crippen LogP contribution in [-0.4, -0.2) is 55.1 Å². The summed E-state index contributed by atoms with van der Waals surface area (Å²) in [5.74, 6) is 0.180. The summed E-state index contributed by atoms with van der Waals surface area (Å²) in [4.78, 5) is 20.0. The molecule has 5 nitrogen and oxygen atoms in total. The number of amides is 1. The molecule has 22 heavy (non-hydrogen) atoms.